The lowest BCUT2D eigenvalue weighted by atomic mass is 9.82. The van der Waals surface area contributed by atoms with Crippen LogP contribution in [0.3, 0.4) is 0 Å². The SMILES string of the molecule is CC1(C)c2ccccc2-c2cc(-c3ccc(N(c4ccccc4)c4ccc5c(c4)C(C)(C)c4ccccc4-5)cc3)ccc21. The summed E-state index contributed by atoms with van der Waals surface area (Å²) in [6.45, 7) is 9.37. The number of nitrogens with zero attached hydrogens (tertiary/aromatic N) is 1. The zero-order chi connectivity index (χ0) is 29.3. The summed E-state index contributed by atoms with van der Waals surface area (Å²) in [5.74, 6) is 0. The van der Waals surface area contributed by atoms with Crippen molar-refractivity contribution in [3.05, 3.63) is 162 Å². The molecule has 6 aromatic rings. The fourth-order valence-corrected chi connectivity index (χ4v) is 7.56. The molecular formula is C42H35N. The standard InChI is InChI=1S/C42H35N/c1-41(2)38-17-11-9-15-34(38)36-26-29(20-25-39(36)41)28-18-21-31(22-19-28)43(30-12-6-5-7-13-30)32-23-24-35-33-14-8-10-16-37(33)42(3,4)40(35)27-32/h5-27H,1-4H3. The Labute approximate surface area is 255 Å². The van der Waals surface area contributed by atoms with E-state index in [1.54, 1.807) is 0 Å². The van der Waals surface area contributed by atoms with Crippen LogP contribution >= 0.6 is 0 Å². The smallest absolute Gasteiger partial charge is 0.0465 e. The van der Waals surface area contributed by atoms with Crippen LogP contribution in [-0.2, 0) is 10.8 Å². The highest BCUT2D eigenvalue weighted by molar-refractivity contribution is 5.87. The van der Waals surface area contributed by atoms with Crippen molar-refractivity contribution in [3.63, 3.8) is 0 Å². The molecule has 43 heavy (non-hydrogen) atoms. The highest BCUT2D eigenvalue weighted by atomic mass is 15.1. The highest BCUT2D eigenvalue weighted by Crippen LogP contribution is 2.51. The van der Waals surface area contributed by atoms with Gasteiger partial charge in [-0.3, -0.25) is 0 Å². The Kier molecular flexibility index (Phi) is 5.59. The van der Waals surface area contributed by atoms with Crippen molar-refractivity contribution in [1.29, 1.82) is 0 Å². The van der Waals surface area contributed by atoms with E-state index in [0.29, 0.717) is 0 Å². The molecule has 8 rings (SSSR count). The Balaban J connectivity index is 1.20. The summed E-state index contributed by atoms with van der Waals surface area (Å²) in [4.78, 5) is 2.38. The van der Waals surface area contributed by atoms with E-state index >= 15 is 0 Å². The lowest BCUT2D eigenvalue weighted by Gasteiger charge is -2.28. The topological polar surface area (TPSA) is 3.24 Å². The van der Waals surface area contributed by atoms with Gasteiger partial charge in [-0.05, 0) is 98.1 Å². The third kappa shape index (κ3) is 3.85. The fraction of sp³-hybridized carbons (Fsp3) is 0.143. The van der Waals surface area contributed by atoms with E-state index in [0.717, 1.165) is 11.4 Å². The Bertz CT molecular complexity index is 2010. The van der Waals surface area contributed by atoms with Gasteiger partial charge in [0.25, 0.3) is 0 Å². The van der Waals surface area contributed by atoms with Crippen LogP contribution in [0.15, 0.2) is 140 Å². The molecule has 208 valence electrons. The number of hydrogen-bond donors (Lipinski definition) is 0. The lowest BCUT2D eigenvalue weighted by Crippen LogP contribution is -2.16. The number of hydrogen-bond acceptors (Lipinski definition) is 1. The quantitative estimate of drug-likeness (QED) is 0.210. The molecule has 2 aliphatic rings. The molecule has 0 radical (unpaired) electrons. The fourth-order valence-electron chi connectivity index (χ4n) is 7.56. The minimum Gasteiger partial charge on any atom is -0.310 e. The van der Waals surface area contributed by atoms with E-state index in [1.165, 1.54) is 61.3 Å². The van der Waals surface area contributed by atoms with Crippen molar-refractivity contribution in [2.24, 2.45) is 0 Å². The molecule has 0 saturated carbocycles. The second-order valence-electron chi connectivity index (χ2n) is 13.0. The van der Waals surface area contributed by atoms with Gasteiger partial charge in [0.2, 0.25) is 0 Å². The van der Waals surface area contributed by atoms with Gasteiger partial charge in [-0.15, -0.1) is 0 Å². The van der Waals surface area contributed by atoms with Gasteiger partial charge in [0, 0.05) is 27.9 Å². The summed E-state index contributed by atoms with van der Waals surface area (Å²) in [6.07, 6.45) is 0. The summed E-state index contributed by atoms with van der Waals surface area (Å²) in [6, 6.07) is 51.5. The summed E-state index contributed by atoms with van der Waals surface area (Å²) >= 11 is 0. The first-order valence-corrected chi connectivity index (χ1v) is 15.3. The monoisotopic (exact) mass is 553 g/mol. The van der Waals surface area contributed by atoms with E-state index in [9.17, 15) is 0 Å². The van der Waals surface area contributed by atoms with E-state index in [-0.39, 0.29) is 10.8 Å². The summed E-state index contributed by atoms with van der Waals surface area (Å²) < 4.78 is 0. The summed E-state index contributed by atoms with van der Waals surface area (Å²) in [7, 11) is 0. The molecule has 0 fully saturated rings. The van der Waals surface area contributed by atoms with Crippen molar-refractivity contribution in [1.82, 2.24) is 0 Å². The van der Waals surface area contributed by atoms with Crippen LogP contribution in [0.5, 0.6) is 0 Å². The number of rotatable bonds is 4. The van der Waals surface area contributed by atoms with Crippen molar-refractivity contribution in [2.75, 3.05) is 4.90 Å². The Morgan fingerprint density at radius 1 is 0.349 bits per heavy atom. The van der Waals surface area contributed by atoms with Crippen molar-refractivity contribution in [3.8, 4) is 33.4 Å². The predicted octanol–water partition coefficient (Wildman–Crippen LogP) is 11.4. The molecule has 6 aromatic carbocycles. The molecule has 0 saturated heterocycles. The zero-order valence-electron chi connectivity index (χ0n) is 25.2. The average molecular weight is 554 g/mol. The molecule has 0 aromatic heterocycles. The molecule has 0 atom stereocenters. The summed E-state index contributed by atoms with van der Waals surface area (Å²) in [5, 5.41) is 0. The molecule has 0 heterocycles. The molecule has 2 aliphatic carbocycles. The summed E-state index contributed by atoms with van der Waals surface area (Å²) in [5.41, 5.74) is 16.9. The van der Waals surface area contributed by atoms with Crippen molar-refractivity contribution >= 4 is 17.1 Å². The van der Waals surface area contributed by atoms with Crippen LogP contribution in [0.2, 0.25) is 0 Å². The Morgan fingerprint density at radius 3 is 1.53 bits per heavy atom. The molecule has 0 N–H and O–H groups in total. The molecule has 1 heteroatoms. The minimum absolute atomic E-state index is 0.0241. The van der Waals surface area contributed by atoms with E-state index in [4.69, 9.17) is 0 Å². The maximum Gasteiger partial charge on any atom is 0.0465 e. The van der Waals surface area contributed by atoms with Gasteiger partial charge in [0.15, 0.2) is 0 Å². The Morgan fingerprint density at radius 2 is 0.837 bits per heavy atom. The van der Waals surface area contributed by atoms with E-state index in [2.05, 4.69) is 172 Å². The molecular weight excluding hydrogens is 518 g/mol. The van der Waals surface area contributed by atoms with Crippen LogP contribution in [0.1, 0.15) is 49.9 Å². The van der Waals surface area contributed by atoms with Gasteiger partial charge in [-0.25, -0.2) is 0 Å². The second kappa shape index (κ2) is 9.31. The first-order valence-electron chi connectivity index (χ1n) is 15.3. The average Bonchev–Trinajstić information content (AvgIpc) is 3.41. The molecule has 0 amide bonds. The second-order valence-corrected chi connectivity index (χ2v) is 13.0. The van der Waals surface area contributed by atoms with Gasteiger partial charge in [-0.2, -0.15) is 0 Å². The maximum absolute atomic E-state index is 2.40. The van der Waals surface area contributed by atoms with Crippen molar-refractivity contribution < 1.29 is 0 Å². The first kappa shape index (κ1) is 25.8. The largest absolute Gasteiger partial charge is 0.310 e. The predicted molar refractivity (Wildman–Crippen MR) is 182 cm³/mol. The van der Waals surface area contributed by atoms with Crippen LogP contribution in [0.25, 0.3) is 33.4 Å². The third-order valence-electron chi connectivity index (χ3n) is 9.88. The van der Waals surface area contributed by atoms with Crippen molar-refractivity contribution in [2.45, 2.75) is 38.5 Å². The van der Waals surface area contributed by atoms with Crippen LogP contribution in [-0.4, -0.2) is 0 Å². The molecule has 0 bridgehead atoms. The van der Waals surface area contributed by atoms with Crippen LogP contribution < -0.4 is 4.90 Å². The van der Waals surface area contributed by atoms with E-state index < -0.39 is 0 Å². The van der Waals surface area contributed by atoms with Gasteiger partial charge >= 0.3 is 0 Å². The lowest BCUT2D eigenvalue weighted by molar-refractivity contribution is 0.660. The van der Waals surface area contributed by atoms with E-state index in [1.807, 2.05) is 0 Å². The van der Waals surface area contributed by atoms with Crippen LogP contribution in [0.4, 0.5) is 17.1 Å². The number of fused-ring (bicyclic) bond motifs is 6. The zero-order valence-corrected chi connectivity index (χ0v) is 25.2. The third-order valence-corrected chi connectivity index (χ3v) is 9.88. The molecule has 0 aliphatic heterocycles. The highest BCUT2D eigenvalue weighted by Gasteiger charge is 2.36. The van der Waals surface area contributed by atoms with Crippen LogP contribution in [0, 0.1) is 0 Å². The molecule has 0 spiro atoms. The van der Waals surface area contributed by atoms with Gasteiger partial charge < -0.3 is 4.90 Å². The Hall–Kier alpha value is -4.88. The number of benzene rings is 6. The molecule has 0 unspecified atom stereocenters. The van der Waals surface area contributed by atoms with Gasteiger partial charge in [0.1, 0.15) is 0 Å². The normalized spacial score (nSPS) is 14.9. The van der Waals surface area contributed by atoms with Gasteiger partial charge in [-0.1, -0.05) is 125 Å². The minimum atomic E-state index is -0.0467. The first-order chi connectivity index (χ1) is 20.8. The number of para-hydroxylation sites is 1. The van der Waals surface area contributed by atoms with Gasteiger partial charge in [0.05, 0.1) is 0 Å². The molecule has 1 nitrogen and oxygen atoms in total. The maximum atomic E-state index is 2.40. The number of anilines is 3.